The largest absolute Gasteiger partial charge is 0.370 e. The third-order valence-electron chi connectivity index (χ3n) is 3.26. The predicted molar refractivity (Wildman–Crippen MR) is 73.4 cm³/mol. The molecular formula is C14H21N3. The van der Waals surface area contributed by atoms with E-state index in [1.165, 1.54) is 5.56 Å². The molecule has 1 aromatic carbocycles. The van der Waals surface area contributed by atoms with Gasteiger partial charge in [-0.25, -0.2) is 0 Å². The Hall–Kier alpha value is -1.51. The Morgan fingerprint density at radius 2 is 2.06 bits per heavy atom. The molecule has 0 bridgehead atoms. The molecule has 3 heteroatoms. The molecule has 0 saturated heterocycles. The fourth-order valence-corrected chi connectivity index (χ4v) is 2.25. The molecule has 1 atom stereocenters. The molecular weight excluding hydrogens is 210 g/mol. The van der Waals surface area contributed by atoms with Gasteiger partial charge in [0.05, 0.1) is 12.6 Å². The Bertz CT molecular complexity index is 443. The van der Waals surface area contributed by atoms with Gasteiger partial charge in [-0.05, 0) is 30.0 Å². The van der Waals surface area contributed by atoms with E-state index in [9.17, 15) is 0 Å². The summed E-state index contributed by atoms with van der Waals surface area (Å²) in [6, 6.07) is 8.75. The van der Waals surface area contributed by atoms with Crippen LogP contribution in [0.15, 0.2) is 29.3 Å². The van der Waals surface area contributed by atoms with Gasteiger partial charge in [0.1, 0.15) is 0 Å². The van der Waals surface area contributed by atoms with E-state index in [-0.39, 0.29) is 5.41 Å². The second-order valence-corrected chi connectivity index (χ2v) is 5.79. The van der Waals surface area contributed by atoms with Gasteiger partial charge in [0.25, 0.3) is 0 Å². The van der Waals surface area contributed by atoms with E-state index in [0.717, 1.165) is 12.2 Å². The molecule has 92 valence electrons. The molecule has 3 nitrogen and oxygen atoms in total. The van der Waals surface area contributed by atoms with Crippen LogP contribution in [0.5, 0.6) is 0 Å². The highest BCUT2D eigenvalue weighted by atomic mass is 15.3. The highest BCUT2D eigenvalue weighted by Gasteiger charge is 2.36. The van der Waals surface area contributed by atoms with Crippen molar-refractivity contribution in [2.24, 2.45) is 16.1 Å². The third kappa shape index (κ3) is 2.28. The Kier molecular flexibility index (Phi) is 2.86. The van der Waals surface area contributed by atoms with Crippen molar-refractivity contribution in [2.75, 3.05) is 11.4 Å². The van der Waals surface area contributed by atoms with Crippen LogP contribution in [0.25, 0.3) is 0 Å². The Morgan fingerprint density at radius 1 is 1.35 bits per heavy atom. The van der Waals surface area contributed by atoms with Gasteiger partial charge in [0.2, 0.25) is 0 Å². The van der Waals surface area contributed by atoms with Crippen LogP contribution in [-0.4, -0.2) is 18.5 Å². The zero-order valence-corrected chi connectivity index (χ0v) is 11.1. The lowest BCUT2D eigenvalue weighted by Gasteiger charge is -2.35. The summed E-state index contributed by atoms with van der Waals surface area (Å²) >= 11 is 0. The lowest BCUT2D eigenvalue weighted by molar-refractivity contribution is 0.336. The van der Waals surface area contributed by atoms with Crippen LogP contribution < -0.4 is 10.6 Å². The molecule has 0 spiro atoms. The van der Waals surface area contributed by atoms with Crippen LogP contribution in [0.3, 0.4) is 0 Å². The fraction of sp³-hybridized carbons (Fsp3) is 0.500. The predicted octanol–water partition coefficient (Wildman–Crippen LogP) is 2.54. The Morgan fingerprint density at radius 3 is 2.65 bits per heavy atom. The Labute approximate surface area is 103 Å². The number of guanidine groups is 1. The summed E-state index contributed by atoms with van der Waals surface area (Å²) in [7, 11) is 0. The van der Waals surface area contributed by atoms with Crippen molar-refractivity contribution >= 4 is 11.6 Å². The number of aliphatic imine (C=N–C) groups is 1. The monoisotopic (exact) mass is 231 g/mol. The van der Waals surface area contributed by atoms with E-state index in [1.54, 1.807) is 0 Å². The number of aryl methyl sites for hydroxylation is 1. The van der Waals surface area contributed by atoms with Gasteiger partial charge in [0, 0.05) is 5.69 Å². The van der Waals surface area contributed by atoms with E-state index >= 15 is 0 Å². The zero-order chi connectivity index (χ0) is 12.6. The van der Waals surface area contributed by atoms with Gasteiger partial charge in [-0.2, -0.15) is 0 Å². The summed E-state index contributed by atoms with van der Waals surface area (Å²) in [5.74, 6) is 0.635. The maximum absolute atomic E-state index is 6.02. The quantitative estimate of drug-likeness (QED) is 0.807. The molecule has 17 heavy (non-hydrogen) atoms. The third-order valence-corrected chi connectivity index (χ3v) is 3.26. The second kappa shape index (κ2) is 4.06. The van der Waals surface area contributed by atoms with Crippen LogP contribution in [0.4, 0.5) is 5.69 Å². The molecule has 2 N–H and O–H groups in total. The molecule has 1 aliphatic heterocycles. The summed E-state index contributed by atoms with van der Waals surface area (Å²) in [5, 5.41) is 0. The van der Waals surface area contributed by atoms with Gasteiger partial charge in [0.15, 0.2) is 5.96 Å². The summed E-state index contributed by atoms with van der Waals surface area (Å²) < 4.78 is 0. The zero-order valence-electron chi connectivity index (χ0n) is 11.1. The van der Waals surface area contributed by atoms with Gasteiger partial charge >= 0.3 is 0 Å². The first kappa shape index (κ1) is 12.0. The average molecular weight is 231 g/mol. The van der Waals surface area contributed by atoms with E-state index in [0.29, 0.717) is 12.0 Å². The molecule has 0 amide bonds. The molecule has 0 aromatic heterocycles. The van der Waals surface area contributed by atoms with Crippen LogP contribution in [0.2, 0.25) is 0 Å². The van der Waals surface area contributed by atoms with Crippen LogP contribution in [0, 0.1) is 12.3 Å². The first-order valence-corrected chi connectivity index (χ1v) is 6.05. The maximum Gasteiger partial charge on any atom is 0.196 e. The van der Waals surface area contributed by atoms with E-state index in [1.807, 2.05) is 0 Å². The minimum Gasteiger partial charge on any atom is -0.370 e. The summed E-state index contributed by atoms with van der Waals surface area (Å²) in [4.78, 5) is 6.55. The molecule has 2 rings (SSSR count). The molecule has 1 aromatic rings. The van der Waals surface area contributed by atoms with Crippen molar-refractivity contribution in [3.05, 3.63) is 29.8 Å². The highest BCUT2D eigenvalue weighted by molar-refractivity contribution is 5.97. The van der Waals surface area contributed by atoms with Crippen LogP contribution in [-0.2, 0) is 0 Å². The van der Waals surface area contributed by atoms with Gasteiger partial charge in [-0.1, -0.05) is 32.9 Å². The minimum atomic E-state index is 0.161. The average Bonchev–Trinajstić information content (AvgIpc) is 2.59. The number of nitrogens with two attached hydrogens (primary N) is 1. The summed E-state index contributed by atoms with van der Waals surface area (Å²) in [5.41, 5.74) is 8.57. The van der Waals surface area contributed by atoms with Crippen LogP contribution >= 0.6 is 0 Å². The first-order chi connectivity index (χ1) is 7.89. The van der Waals surface area contributed by atoms with Gasteiger partial charge < -0.3 is 10.6 Å². The molecule has 0 radical (unpaired) electrons. The molecule has 1 unspecified atom stereocenters. The van der Waals surface area contributed by atoms with Gasteiger partial charge in [-0.3, -0.25) is 4.99 Å². The molecule has 0 aliphatic carbocycles. The van der Waals surface area contributed by atoms with Gasteiger partial charge in [-0.15, -0.1) is 0 Å². The number of nitrogens with zero attached hydrogens (tertiary/aromatic N) is 2. The van der Waals surface area contributed by atoms with Crippen molar-refractivity contribution in [3.63, 3.8) is 0 Å². The van der Waals surface area contributed by atoms with Crippen molar-refractivity contribution in [1.82, 2.24) is 0 Å². The van der Waals surface area contributed by atoms with E-state index < -0.39 is 0 Å². The summed E-state index contributed by atoms with van der Waals surface area (Å²) in [6.07, 6.45) is 0. The van der Waals surface area contributed by atoms with Crippen LogP contribution in [0.1, 0.15) is 26.3 Å². The van der Waals surface area contributed by atoms with Crippen molar-refractivity contribution in [3.8, 4) is 0 Å². The normalized spacial score (nSPS) is 20.6. The van der Waals surface area contributed by atoms with E-state index in [4.69, 9.17) is 5.73 Å². The molecule has 1 heterocycles. The number of benzene rings is 1. The summed E-state index contributed by atoms with van der Waals surface area (Å²) in [6.45, 7) is 9.57. The number of anilines is 1. The number of hydrogen-bond donors (Lipinski definition) is 1. The lowest BCUT2D eigenvalue weighted by atomic mass is 9.86. The minimum absolute atomic E-state index is 0.161. The van der Waals surface area contributed by atoms with Crippen molar-refractivity contribution in [2.45, 2.75) is 33.7 Å². The molecule has 0 fully saturated rings. The van der Waals surface area contributed by atoms with Crippen molar-refractivity contribution < 1.29 is 0 Å². The lowest BCUT2D eigenvalue weighted by Crippen LogP contribution is -2.47. The van der Waals surface area contributed by atoms with E-state index in [2.05, 4.69) is 61.9 Å². The Balaban J connectivity index is 2.38. The molecule has 0 saturated carbocycles. The molecule has 1 aliphatic rings. The number of rotatable bonds is 1. The first-order valence-electron chi connectivity index (χ1n) is 6.05. The smallest absolute Gasteiger partial charge is 0.196 e. The topological polar surface area (TPSA) is 41.6 Å². The SMILES string of the molecule is Cc1cccc(N2C(N)=NCC2C(C)(C)C)c1. The van der Waals surface area contributed by atoms with Crippen molar-refractivity contribution in [1.29, 1.82) is 0 Å². The second-order valence-electron chi connectivity index (χ2n) is 5.79. The highest BCUT2D eigenvalue weighted by Crippen LogP contribution is 2.32. The standard InChI is InChI=1S/C14H21N3/c1-10-6-5-7-11(8-10)17-12(14(2,3)4)9-16-13(17)15/h5-8,12H,9H2,1-4H3,(H2,15,16). The fourth-order valence-electron chi connectivity index (χ4n) is 2.25. The number of hydrogen-bond acceptors (Lipinski definition) is 3. The maximum atomic E-state index is 6.02.